The Morgan fingerprint density at radius 3 is 2.78 bits per heavy atom. The molecule has 1 N–H and O–H groups in total. The summed E-state index contributed by atoms with van der Waals surface area (Å²) < 4.78 is 10.9. The first-order valence-corrected chi connectivity index (χ1v) is 9.05. The molecule has 3 rings (SSSR count). The van der Waals surface area contributed by atoms with E-state index in [1.165, 1.54) is 7.11 Å². The number of carbonyl (C=O) groups excluding carboxylic acids is 2. The Morgan fingerprint density at radius 1 is 1.26 bits per heavy atom. The van der Waals surface area contributed by atoms with Crippen LogP contribution in [0.5, 0.6) is 11.5 Å². The van der Waals surface area contributed by atoms with E-state index in [0.717, 1.165) is 5.75 Å². The minimum absolute atomic E-state index is 0.128. The predicted molar refractivity (Wildman–Crippen MR) is 103 cm³/mol. The number of nitrogens with zero attached hydrogens (tertiary/aromatic N) is 1. The monoisotopic (exact) mass is 388 g/mol. The molecule has 0 radical (unpaired) electrons. The third kappa shape index (κ3) is 4.71. The first-order valence-electron chi connectivity index (χ1n) is 8.68. The van der Waals surface area contributed by atoms with Gasteiger partial charge in [-0.3, -0.25) is 9.59 Å². The zero-order chi connectivity index (χ0) is 19.2. The van der Waals surface area contributed by atoms with Gasteiger partial charge in [0.05, 0.1) is 25.3 Å². The molecule has 1 unspecified atom stereocenters. The summed E-state index contributed by atoms with van der Waals surface area (Å²) in [6.45, 7) is 1.03. The van der Waals surface area contributed by atoms with Crippen LogP contribution in [0.3, 0.4) is 0 Å². The smallest absolute Gasteiger partial charge is 0.227 e. The molecule has 2 amide bonds. The highest BCUT2D eigenvalue weighted by Gasteiger charge is 2.36. The second-order valence-electron chi connectivity index (χ2n) is 6.17. The minimum atomic E-state index is -0.419. The van der Waals surface area contributed by atoms with Gasteiger partial charge in [0.15, 0.2) is 0 Å². The molecule has 142 valence electrons. The molecule has 27 heavy (non-hydrogen) atoms. The van der Waals surface area contributed by atoms with Crippen LogP contribution in [-0.2, 0) is 9.59 Å². The molecular formula is C20H21ClN2O4. The molecule has 2 aromatic carbocycles. The SMILES string of the molecule is COc1ccc(Cl)cc1N1CC(C(=O)NCCOc2ccccc2)CC1=O. The molecule has 0 aromatic heterocycles. The van der Waals surface area contributed by atoms with Crippen LogP contribution >= 0.6 is 11.6 Å². The second kappa shape index (κ2) is 8.77. The summed E-state index contributed by atoms with van der Waals surface area (Å²) in [5.74, 6) is 0.588. The third-order valence-electron chi connectivity index (χ3n) is 4.34. The van der Waals surface area contributed by atoms with Crippen LogP contribution in [0.4, 0.5) is 5.69 Å². The number of rotatable bonds is 7. The van der Waals surface area contributed by atoms with Gasteiger partial charge in [-0.2, -0.15) is 0 Å². The molecule has 1 saturated heterocycles. The molecular weight excluding hydrogens is 368 g/mol. The van der Waals surface area contributed by atoms with Crippen molar-refractivity contribution < 1.29 is 19.1 Å². The number of hydrogen-bond donors (Lipinski definition) is 1. The van der Waals surface area contributed by atoms with Crippen LogP contribution < -0.4 is 19.7 Å². The van der Waals surface area contributed by atoms with E-state index in [0.29, 0.717) is 36.2 Å². The zero-order valence-electron chi connectivity index (χ0n) is 15.0. The van der Waals surface area contributed by atoms with Crippen molar-refractivity contribution in [3.63, 3.8) is 0 Å². The summed E-state index contributed by atoms with van der Waals surface area (Å²) in [5.41, 5.74) is 0.581. The summed E-state index contributed by atoms with van der Waals surface area (Å²) in [7, 11) is 1.53. The van der Waals surface area contributed by atoms with Gasteiger partial charge in [0.2, 0.25) is 11.8 Å². The highest BCUT2D eigenvalue weighted by atomic mass is 35.5. The Kier molecular flexibility index (Phi) is 6.19. The number of nitrogens with one attached hydrogen (secondary N) is 1. The van der Waals surface area contributed by atoms with Crippen molar-refractivity contribution in [1.29, 1.82) is 0 Å². The molecule has 0 spiro atoms. The van der Waals surface area contributed by atoms with Gasteiger partial charge in [-0.25, -0.2) is 0 Å². The molecule has 1 aliphatic rings. The normalized spacial score (nSPS) is 16.3. The Morgan fingerprint density at radius 2 is 2.04 bits per heavy atom. The standard InChI is InChI=1S/C20H21ClN2O4/c1-26-18-8-7-15(21)12-17(18)23-13-14(11-19(23)24)20(25)22-9-10-27-16-5-3-2-4-6-16/h2-8,12,14H,9-11,13H2,1H3,(H,22,25). The molecule has 1 aliphatic heterocycles. The van der Waals surface area contributed by atoms with Crippen LogP contribution in [0.15, 0.2) is 48.5 Å². The van der Waals surface area contributed by atoms with Crippen LogP contribution in [0.2, 0.25) is 5.02 Å². The van der Waals surface area contributed by atoms with Gasteiger partial charge >= 0.3 is 0 Å². The number of methoxy groups -OCH3 is 1. The van der Waals surface area contributed by atoms with E-state index in [4.69, 9.17) is 21.1 Å². The van der Waals surface area contributed by atoms with Gasteiger partial charge < -0.3 is 19.7 Å². The molecule has 0 aliphatic carbocycles. The summed E-state index contributed by atoms with van der Waals surface area (Å²) in [5, 5.41) is 3.33. The predicted octanol–water partition coefficient (Wildman–Crippen LogP) is 2.90. The topological polar surface area (TPSA) is 67.9 Å². The quantitative estimate of drug-likeness (QED) is 0.740. The summed E-state index contributed by atoms with van der Waals surface area (Å²) in [6.07, 6.45) is 0.154. The molecule has 1 heterocycles. The molecule has 0 bridgehead atoms. The van der Waals surface area contributed by atoms with E-state index in [9.17, 15) is 9.59 Å². The van der Waals surface area contributed by atoms with Crippen molar-refractivity contribution in [2.75, 3.05) is 31.7 Å². The molecule has 1 fully saturated rings. The number of benzene rings is 2. The lowest BCUT2D eigenvalue weighted by molar-refractivity contribution is -0.126. The highest BCUT2D eigenvalue weighted by Crippen LogP contribution is 2.35. The van der Waals surface area contributed by atoms with Gasteiger partial charge in [0.25, 0.3) is 0 Å². The lowest BCUT2D eigenvalue weighted by Gasteiger charge is -2.20. The molecule has 6 nitrogen and oxygen atoms in total. The van der Waals surface area contributed by atoms with Gasteiger partial charge in [-0.05, 0) is 30.3 Å². The average Bonchev–Trinajstić information content (AvgIpc) is 3.07. The van der Waals surface area contributed by atoms with Crippen LogP contribution in [0.25, 0.3) is 0 Å². The minimum Gasteiger partial charge on any atom is -0.495 e. The van der Waals surface area contributed by atoms with Crippen LogP contribution in [0, 0.1) is 5.92 Å². The lowest BCUT2D eigenvalue weighted by Crippen LogP contribution is -2.35. The summed E-state index contributed by atoms with van der Waals surface area (Å²) in [6, 6.07) is 14.5. The number of anilines is 1. The number of ether oxygens (including phenoxy) is 2. The lowest BCUT2D eigenvalue weighted by atomic mass is 10.1. The van der Waals surface area contributed by atoms with Crippen molar-refractivity contribution >= 4 is 29.1 Å². The highest BCUT2D eigenvalue weighted by molar-refractivity contribution is 6.31. The maximum atomic E-state index is 12.4. The fourth-order valence-corrected chi connectivity index (χ4v) is 3.16. The van der Waals surface area contributed by atoms with Crippen molar-refractivity contribution in [3.8, 4) is 11.5 Å². The fraction of sp³-hybridized carbons (Fsp3) is 0.300. The van der Waals surface area contributed by atoms with Crippen molar-refractivity contribution in [2.24, 2.45) is 5.92 Å². The van der Waals surface area contributed by atoms with Crippen molar-refractivity contribution in [1.82, 2.24) is 5.32 Å². The van der Waals surface area contributed by atoms with Crippen LogP contribution in [-0.4, -0.2) is 38.6 Å². The number of carbonyl (C=O) groups is 2. The Labute approximate surface area is 163 Å². The first kappa shape index (κ1) is 19.0. The average molecular weight is 389 g/mol. The van der Waals surface area contributed by atoms with Gasteiger partial charge in [0.1, 0.15) is 18.1 Å². The molecule has 1 atom stereocenters. The van der Waals surface area contributed by atoms with Crippen molar-refractivity contribution in [3.05, 3.63) is 53.6 Å². The van der Waals surface area contributed by atoms with E-state index in [-0.39, 0.29) is 18.2 Å². The van der Waals surface area contributed by atoms with Gasteiger partial charge in [-0.15, -0.1) is 0 Å². The Bertz CT molecular complexity index is 813. The van der Waals surface area contributed by atoms with Gasteiger partial charge in [-0.1, -0.05) is 29.8 Å². The second-order valence-corrected chi connectivity index (χ2v) is 6.61. The molecule has 0 saturated carbocycles. The van der Waals surface area contributed by atoms with E-state index >= 15 is 0 Å². The van der Waals surface area contributed by atoms with Crippen molar-refractivity contribution in [2.45, 2.75) is 6.42 Å². The first-order chi connectivity index (χ1) is 13.1. The third-order valence-corrected chi connectivity index (χ3v) is 4.58. The summed E-state index contributed by atoms with van der Waals surface area (Å²) >= 11 is 6.05. The van der Waals surface area contributed by atoms with E-state index in [1.807, 2.05) is 30.3 Å². The maximum Gasteiger partial charge on any atom is 0.227 e. The maximum absolute atomic E-state index is 12.4. The number of amides is 2. The summed E-state index contributed by atoms with van der Waals surface area (Å²) in [4.78, 5) is 26.4. The van der Waals surface area contributed by atoms with Gasteiger partial charge in [0, 0.05) is 18.0 Å². The largest absolute Gasteiger partial charge is 0.495 e. The number of para-hydroxylation sites is 1. The number of halogens is 1. The Balaban J connectivity index is 1.54. The van der Waals surface area contributed by atoms with E-state index in [1.54, 1.807) is 23.1 Å². The zero-order valence-corrected chi connectivity index (χ0v) is 15.7. The molecule has 2 aromatic rings. The Hall–Kier alpha value is -2.73. The fourth-order valence-electron chi connectivity index (χ4n) is 2.99. The van der Waals surface area contributed by atoms with E-state index < -0.39 is 5.92 Å². The van der Waals surface area contributed by atoms with E-state index in [2.05, 4.69) is 5.32 Å². The number of hydrogen-bond acceptors (Lipinski definition) is 4. The van der Waals surface area contributed by atoms with Crippen LogP contribution in [0.1, 0.15) is 6.42 Å². The molecule has 7 heteroatoms.